The summed E-state index contributed by atoms with van der Waals surface area (Å²) in [7, 11) is 2.10. The monoisotopic (exact) mass is 227 g/mol. The minimum Gasteiger partial charge on any atom is -0.350 e. The van der Waals surface area contributed by atoms with E-state index in [0.717, 1.165) is 0 Å². The van der Waals surface area contributed by atoms with Crippen LogP contribution in [0.2, 0.25) is 0 Å². The fourth-order valence-electron chi connectivity index (χ4n) is 2.12. The van der Waals surface area contributed by atoms with Gasteiger partial charge in [0.15, 0.2) is 0 Å². The van der Waals surface area contributed by atoms with Gasteiger partial charge in [0.25, 0.3) is 0 Å². The number of hydrogen-bond donors (Lipinski definition) is 0. The first-order chi connectivity index (χ1) is 7.75. The van der Waals surface area contributed by atoms with Crippen LogP contribution in [0.5, 0.6) is 0 Å². The number of para-hydroxylation sites is 1. The minimum absolute atomic E-state index is 1.29. The summed E-state index contributed by atoms with van der Waals surface area (Å²) in [5.74, 6) is 0. The Bertz CT molecular complexity index is 646. The number of nitrogens with zero attached hydrogens (tertiary/aromatic N) is 1. The van der Waals surface area contributed by atoms with Crippen LogP contribution in [-0.4, -0.2) is 4.57 Å². The molecule has 0 aliphatic carbocycles. The predicted octanol–water partition coefficient (Wildman–Crippen LogP) is 4.22. The zero-order chi connectivity index (χ0) is 11.1. The van der Waals surface area contributed by atoms with E-state index >= 15 is 0 Å². The molecule has 2 aromatic heterocycles. The van der Waals surface area contributed by atoms with Crippen molar-refractivity contribution in [1.29, 1.82) is 0 Å². The van der Waals surface area contributed by atoms with Gasteiger partial charge in [-0.1, -0.05) is 18.2 Å². The molecule has 0 spiro atoms. The first kappa shape index (κ1) is 9.67. The van der Waals surface area contributed by atoms with Gasteiger partial charge in [-0.3, -0.25) is 0 Å². The van der Waals surface area contributed by atoms with Crippen LogP contribution in [0.15, 0.2) is 42.6 Å². The smallest absolute Gasteiger partial charge is 0.0484 e. The van der Waals surface area contributed by atoms with Crippen LogP contribution in [-0.2, 0) is 7.05 Å². The van der Waals surface area contributed by atoms with Crippen LogP contribution in [0.1, 0.15) is 4.88 Å². The molecular formula is C14H13NS. The average molecular weight is 227 g/mol. The summed E-state index contributed by atoms with van der Waals surface area (Å²) < 4.78 is 2.19. The van der Waals surface area contributed by atoms with E-state index in [4.69, 9.17) is 0 Å². The normalized spacial score (nSPS) is 11.1. The van der Waals surface area contributed by atoms with Gasteiger partial charge in [-0.2, -0.15) is 0 Å². The minimum atomic E-state index is 1.29. The van der Waals surface area contributed by atoms with Crippen molar-refractivity contribution in [3.05, 3.63) is 47.5 Å². The van der Waals surface area contributed by atoms with E-state index in [-0.39, 0.29) is 0 Å². The second-order valence-electron chi connectivity index (χ2n) is 4.08. The molecule has 3 aromatic rings. The second-order valence-corrected chi connectivity index (χ2v) is 5.37. The lowest BCUT2D eigenvalue weighted by atomic mass is 10.1. The summed E-state index contributed by atoms with van der Waals surface area (Å²) in [5, 5.41) is 1.34. The lowest BCUT2D eigenvalue weighted by Gasteiger charge is -1.94. The van der Waals surface area contributed by atoms with Crippen molar-refractivity contribution in [3.8, 4) is 10.4 Å². The summed E-state index contributed by atoms with van der Waals surface area (Å²) in [4.78, 5) is 2.72. The molecule has 0 bridgehead atoms. The molecule has 0 radical (unpaired) electrons. The molecule has 80 valence electrons. The van der Waals surface area contributed by atoms with Gasteiger partial charge in [0, 0.05) is 39.5 Å². The number of aryl methyl sites for hydroxylation is 2. The third kappa shape index (κ3) is 1.38. The van der Waals surface area contributed by atoms with Crippen molar-refractivity contribution in [2.24, 2.45) is 7.05 Å². The molecule has 0 saturated heterocycles. The van der Waals surface area contributed by atoms with Crippen LogP contribution in [0.25, 0.3) is 21.3 Å². The van der Waals surface area contributed by atoms with Gasteiger partial charge in [-0.25, -0.2) is 0 Å². The highest BCUT2D eigenvalue weighted by Gasteiger charge is 2.08. The Balaban J connectivity index is 2.32. The quantitative estimate of drug-likeness (QED) is 0.586. The number of rotatable bonds is 1. The number of fused-ring (bicyclic) bond motifs is 1. The number of benzene rings is 1. The summed E-state index contributed by atoms with van der Waals surface area (Å²) in [5.41, 5.74) is 2.64. The highest BCUT2D eigenvalue weighted by atomic mass is 32.1. The molecule has 0 amide bonds. The lowest BCUT2D eigenvalue weighted by molar-refractivity contribution is 0.970. The molecule has 0 aliphatic heterocycles. The maximum absolute atomic E-state index is 2.22. The van der Waals surface area contributed by atoms with Crippen molar-refractivity contribution in [1.82, 2.24) is 4.57 Å². The van der Waals surface area contributed by atoms with Crippen LogP contribution in [0.3, 0.4) is 0 Å². The van der Waals surface area contributed by atoms with E-state index in [0.29, 0.717) is 0 Å². The van der Waals surface area contributed by atoms with Gasteiger partial charge in [-0.05, 0) is 25.1 Å². The first-order valence-corrected chi connectivity index (χ1v) is 6.18. The van der Waals surface area contributed by atoms with Crippen molar-refractivity contribution >= 4 is 22.2 Å². The molecule has 0 atom stereocenters. The van der Waals surface area contributed by atoms with E-state index in [2.05, 4.69) is 61.1 Å². The predicted molar refractivity (Wildman–Crippen MR) is 71.0 cm³/mol. The molecule has 0 saturated carbocycles. The number of thiophene rings is 1. The number of aromatic nitrogens is 1. The molecule has 16 heavy (non-hydrogen) atoms. The second kappa shape index (κ2) is 3.49. The summed E-state index contributed by atoms with van der Waals surface area (Å²) >= 11 is 1.86. The average Bonchev–Trinajstić information content (AvgIpc) is 2.84. The van der Waals surface area contributed by atoms with Crippen molar-refractivity contribution in [2.75, 3.05) is 0 Å². The molecular weight excluding hydrogens is 214 g/mol. The van der Waals surface area contributed by atoms with Gasteiger partial charge >= 0.3 is 0 Å². The van der Waals surface area contributed by atoms with Gasteiger partial charge in [0.2, 0.25) is 0 Å². The topological polar surface area (TPSA) is 4.93 Å². The number of hydrogen-bond acceptors (Lipinski definition) is 1. The standard InChI is InChI=1S/C14H13NS/c1-10-7-8-14(16-10)12-9-15(2)13-6-4-3-5-11(12)13/h3-9H,1-2H3. The molecule has 0 aliphatic rings. The Hall–Kier alpha value is -1.54. The highest BCUT2D eigenvalue weighted by molar-refractivity contribution is 7.15. The molecule has 1 nitrogen and oxygen atoms in total. The third-order valence-electron chi connectivity index (χ3n) is 2.90. The van der Waals surface area contributed by atoms with Gasteiger partial charge < -0.3 is 4.57 Å². The molecule has 2 heterocycles. The maximum atomic E-state index is 2.22. The van der Waals surface area contributed by atoms with E-state index in [1.165, 1.54) is 26.2 Å². The SMILES string of the molecule is Cc1ccc(-c2cn(C)c3ccccc23)s1. The van der Waals surface area contributed by atoms with Crippen molar-refractivity contribution in [2.45, 2.75) is 6.92 Å². The van der Waals surface area contributed by atoms with Gasteiger partial charge in [-0.15, -0.1) is 11.3 Å². The molecule has 0 fully saturated rings. The molecule has 3 rings (SSSR count). The van der Waals surface area contributed by atoms with Gasteiger partial charge in [0.1, 0.15) is 0 Å². The first-order valence-electron chi connectivity index (χ1n) is 5.36. The fourth-order valence-corrected chi connectivity index (χ4v) is 3.01. The summed E-state index contributed by atoms with van der Waals surface area (Å²) in [6, 6.07) is 12.9. The maximum Gasteiger partial charge on any atom is 0.0484 e. The molecule has 1 aromatic carbocycles. The Morgan fingerprint density at radius 1 is 1.06 bits per heavy atom. The largest absolute Gasteiger partial charge is 0.350 e. The van der Waals surface area contributed by atoms with Crippen LogP contribution in [0.4, 0.5) is 0 Å². The van der Waals surface area contributed by atoms with E-state index in [1.807, 2.05) is 11.3 Å². The zero-order valence-electron chi connectivity index (χ0n) is 9.40. The molecule has 0 N–H and O–H groups in total. The lowest BCUT2D eigenvalue weighted by Crippen LogP contribution is -1.81. The molecule has 0 unspecified atom stereocenters. The van der Waals surface area contributed by atoms with Crippen LogP contribution >= 0.6 is 11.3 Å². The Morgan fingerprint density at radius 2 is 1.88 bits per heavy atom. The molecule has 2 heteroatoms. The van der Waals surface area contributed by atoms with E-state index in [1.54, 1.807) is 0 Å². The third-order valence-corrected chi connectivity index (χ3v) is 3.94. The highest BCUT2D eigenvalue weighted by Crippen LogP contribution is 2.34. The van der Waals surface area contributed by atoms with Crippen LogP contribution in [0, 0.1) is 6.92 Å². The van der Waals surface area contributed by atoms with Crippen molar-refractivity contribution < 1.29 is 0 Å². The summed E-state index contributed by atoms with van der Waals surface area (Å²) in [6.45, 7) is 2.15. The van der Waals surface area contributed by atoms with Crippen molar-refractivity contribution in [3.63, 3.8) is 0 Å². The Kier molecular flexibility index (Phi) is 2.11. The zero-order valence-corrected chi connectivity index (χ0v) is 10.2. The van der Waals surface area contributed by atoms with E-state index < -0.39 is 0 Å². The summed E-state index contributed by atoms with van der Waals surface area (Å²) in [6.07, 6.45) is 2.22. The Labute approximate surface area is 99.0 Å². The van der Waals surface area contributed by atoms with Gasteiger partial charge in [0.05, 0.1) is 0 Å². The van der Waals surface area contributed by atoms with E-state index in [9.17, 15) is 0 Å². The Morgan fingerprint density at radius 3 is 2.62 bits per heavy atom. The fraction of sp³-hybridized carbons (Fsp3) is 0.143. The van der Waals surface area contributed by atoms with Crippen LogP contribution < -0.4 is 0 Å².